The van der Waals surface area contributed by atoms with E-state index in [1.54, 1.807) is 0 Å². The maximum Gasteiger partial charge on any atom is 0.406 e. The molecule has 0 radical (unpaired) electrons. The summed E-state index contributed by atoms with van der Waals surface area (Å²) in [5.41, 5.74) is 0.254. The Morgan fingerprint density at radius 2 is 2.03 bits per heavy atom. The van der Waals surface area contributed by atoms with Gasteiger partial charge in [0.15, 0.2) is 11.5 Å². The van der Waals surface area contributed by atoms with E-state index in [0.29, 0.717) is 14.8 Å². The fourth-order valence-electron chi connectivity index (χ4n) is 3.49. The number of rotatable bonds is 9. The maximum absolute atomic E-state index is 13.2. The Bertz CT molecular complexity index is 955. The molecule has 1 aliphatic rings. The summed E-state index contributed by atoms with van der Waals surface area (Å²) in [5.74, 6) is -1.41. The van der Waals surface area contributed by atoms with E-state index in [4.69, 9.17) is 14.6 Å². The van der Waals surface area contributed by atoms with Gasteiger partial charge in [-0.25, -0.2) is 0 Å². The summed E-state index contributed by atoms with van der Waals surface area (Å²) in [5, 5.41) is 22.3. The van der Waals surface area contributed by atoms with Crippen LogP contribution in [0.15, 0.2) is 23.8 Å². The summed E-state index contributed by atoms with van der Waals surface area (Å²) in [4.78, 5) is 36.2. The second-order valence-corrected chi connectivity index (χ2v) is 8.59. The minimum Gasteiger partial charge on any atom is -0.493 e. The number of nitrogens with one attached hydrogen (secondary N) is 1. The second-order valence-electron chi connectivity index (χ2n) is 7.43. The Morgan fingerprint density at radius 3 is 2.56 bits per heavy atom. The molecular weight excluding hydrogens is 576 g/mol. The predicted octanol–water partition coefficient (Wildman–Crippen LogP) is 1.44. The number of hydrogen-bond acceptors (Lipinski definition) is 7. The number of nitrogens with zero attached hydrogens (tertiary/aromatic N) is 1. The summed E-state index contributed by atoms with van der Waals surface area (Å²) < 4.78 is 51.0. The van der Waals surface area contributed by atoms with Gasteiger partial charge in [-0.15, -0.1) is 0 Å². The Hall–Kier alpha value is -2.39. The van der Waals surface area contributed by atoms with Gasteiger partial charge in [0.1, 0.15) is 25.0 Å². The molecule has 1 aromatic carbocycles. The van der Waals surface area contributed by atoms with E-state index in [1.165, 1.54) is 25.3 Å². The first-order valence-electron chi connectivity index (χ1n) is 10.0. The number of benzene rings is 1. The zero-order chi connectivity index (χ0) is 25.6. The third kappa shape index (κ3) is 7.06. The van der Waals surface area contributed by atoms with Crippen molar-refractivity contribution in [1.29, 1.82) is 0 Å². The normalized spacial score (nSPS) is 20.2. The number of carbonyl (C=O) groups is 3. The molecule has 3 N–H and O–H groups in total. The van der Waals surface area contributed by atoms with Crippen LogP contribution in [0.5, 0.6) is 11.5 Å². The molecule has 0 saturated carbocycles. The number of hydrogen-bond donors (Lipinski definition) is 3. The number of methoxy groups -OCH3 is 1. The van der Waals surface area contributed by atoms with E-state index in [2.05, 4.69) is 5.32 Å². The standard InChI is InChI=1S/C21H24F3IN2O7/c1-11(30)27(10-21(22,23)24)15-7-13(20(32)26-3-4-28)8-16(18(15)31)34-19-14(25)5-12(9-29)6-17(19)33-2/h5-6,8-9,15-16,18,28,31H,3-4,7,10H2,1-2H3,(H,26,32)/t15-,16+,18+/m1/s1. The van der Waals surface area contributed by atoms with Crippen molar-refractivity contribution in [2.75, 3.05) is 26.8 Å². The molecule has 9 nitrogen and oxygen atoms in total. The summed E-state index contributed by atoms with van der Waals surface area (Å²) in [6, 6.07) is 1.42. The van der Waals surface area contributed by atoms with E-state index >= 15 is 0 Å². The van der Waals surface area contributed by atoms with Crippen molar-refractivity contribution in [3.63, 3.8) is 0 Å². The molecule has 188 valence electrons. The third-order valence-electron chi connectivity index (χ3n) is 5.01. The first-order chi connectivity index (χ1) is 15.9. The minimum absolute atomic E-state index is 0.0272. The monoisotopic (exact) mass is 600 g/mol. The van der Waals surface area contributed by atoms with Crippen molar-refractivity contribution < 1.29 is 47.2 Å². The molecule has 0 fully saturated rings. The molecule has 0 bridgehead atoms. The molecule has 1 aromatic rings. The van der Waals surface area contributed by atoms with Crippen molar-refractivity contribution >= 4 is 40.7 Å². The zero-order valence-corrected chi connectivity index (χ0v) is 20.4. The van der Waals surface area contributed by atoms with Gasteiger partial charge in [-0.3, -0.25) is 14.4 Å². The summed E-state index contributed by atoms with van der Waals surface area (Å²) in [7, 11) is 1.32. The number of ether oxygens (including phenoxy) is 2. The van der Waals surface area contributed by atoms with Crippen LogP contribution >= 0.6 is 22.6 Å². The van der Waals surface area contributed by atoms with Crippen LogP contribution in [0.2, 0.25) is 0 Å². The number of halogens is 4. The highest BCUT2D eigenvalue weighted by Crippen LogP contribution is 2.37. The Balaban J connectivity index is 2.50. The molecule has 1 aliphatic carbocycles. The van der Waals surface area contributed by atoms with Crippen LogP contribution in [0.3, 0.4) is 0 Å². The molecule has 34 heavy (non-hydrogen) atoms. The molecule has 3 atom stereocenters. The maximum atomic E-state index is 13.2. The van der Waals surface area contributed by atoms with Crippen molar-refractivity contribution in [2.24, 2.45) is 0 Å². The summed E-state index contributed by atoms with van der Waals surface area (Å²) in [6.45, 7) is -1.16. The van der Waals surface area contributed by atoms with Gasteiger partial charge in [0.25, 0.3) is 0 Å². The highest BCUT2D eigenvalue weighted by molar-refractivity contribution is 14.1. The van der Waals surface area contributed by atoms with Gasteiger partial charge in [0, 0.05) is 31.0 Å². The molecule has 0 aromatic heterocycles. The fraction of sp³-hybridized carbons (Fsp3) is 0.476. The van der Waals surface area contributed by atoms with E-state index in [0.717, 1.165) is 6.92 Å². The number of amides is 2. The summed E-state index contributed by atoms with van der Waals surface area (Å²) in [6.07, 6.45) is -6.24. The molecule has 13 heteroatoms. The zero-order valence-electron chi connectivity index (χ0n) is 18.3. The van der Waals surface area contributed by atoms with Crippen molar-refractivity contribution in [3.8, 4) is 11.5 Å². The molecule has 0 spiro atoms. The quantitative estimate of drug-likeness (QED) is 0.290. The first kappa shape index (κ1) is 27.9. The molecule has 2 amide bonds. The van der Waals surface area contributed by atoms with Crippen LogP contribution in [-0.4, -0.2) is 84.4 Å². The van der Waals surface area contributed by atoms with Gasteiger partial charge in [-0.05, 0) is 40.8 Å². The van der Waals surface area contributed by atoms with Crippen molar-refractivity contribution in [1.82, 2.24) is 10.2 Å². The molecule has 2 rings (SSSR count). The lowest BCUT2D eigenvalue weighted by Crippen LogP contribution is -2.56. The number of carbonyl (C=O) groups excluding carboxylic acids is 3. The number of alkyl halides is 3. The van der Waals surface area contributed by atoms with Crippen molar-refractivity contribution in [3.05, 3.63) is 32.9 Å². The molecule has 0 heterocycles. The second kappa shape index (κ2) is 11.8. The van der Waals surface area contributed by atoms with Gasteiger partial charge in [0.05, 0.1) is 23.3 Å². The highest BCUT2D eigenvalue weighted by Gasteiger charge is 2.43. The van der Waals surface area contributed by atoms with Crippen LogP contribution < -0.4 is 14.8 Å². The van der Waals surface area contributed by atoms with E-state index in [9.17, 15) is 32.7 Å². The van der Waals surface area contributed by atoms with Gasteiger partial charge in [-0.2, -0.15) is 13.2 Å². The van der Waals surface area contributed by atoms with Gasteiger partial charge in [0.2, 0.25) is 11.8 Å². The Morgan fingerprint density at radius 1 is 1.35 bits per heavy atom. The predicted molar refractivity (Wildman–Crippen MR) is 122 cm³/mol. The third-order valence-corrected chi connectivity index (χ3v) is 5.81. The fourth-order valence-corrected chi connectivity index (χ4v) is 4.25. The van der Waals surface area contributed by atoms with Crippen LogP contribution in [0.25, 0.3) is 0 Å². The van der Waals surface area contributed by atoms with Gasteiger partial charge in [-0.1, -0.05) is 0 Å². The molecule has 0 saturated heterocycles. The number of aldehydes is 1. The van der Waals surface area contributed by atoms with Gasteiger partial charge < -0.3 is 29.9 Å². The SMILES string of the molecule is COc1cc(C=O)cc(I)c1O[C@H]1C=C(C(=O)NCCO)C[C@@H](N(CC(F)(F)F)C(C)=O)[C@@H]1O. The lowest BCUT2D eigenvalue weighted by Gasteiger charge is -2.40. The summed E-state index contributed by atoms with van der Waals surface area (Å²) >= 11 is 1.86. The van der Waals surface area contributed by atoms with Crippen LogP contribution in [-0.2, 0) is 9.59 Å². The average Bonchev–Trinajstić information content (AvgIpc) is 2.77. The Labute approximate surface area is 207 Å². The smallest absolute Gasteiger partial charge is 0.406 e. The molecular formula is C21H24F3IN2O7. The Kier molecular flexibility index (Phi) is 9.70. The van der Waals surface area contributed by atoms with Crippen LogP contribution in [0.4, 0.5) is 13.2 Å². The van der Waals surface area contributed by atoms with Crippen LogP contribution in [0.1, 0.15) is 23.7 Å². The topological polar surface area (TPSA) is 125 Å². The lowest BCUT2D eigenvalue weighted by atomic mass is 9.88. The lowest BCUT2D eigenvalue weighted by molar-refractivity contribution is -0.171. The van der Waals surface area contributed by atoms with Crippen LogP contribution in [0, 0.1) is 3.57 Å². The highest BCUT2D eigenvalue weighted by atomic mass is 127. The van der Waals surface area contributed by atoms with Gasteiger partial charge >= 0.3 is 6.18 Å². The average molecular weight is 600 g/mol. The molecule has 0 aliphatic heterocycles. The number of aliphatic hydroxyl groups is 2. The number of aliphatic hydroxyl groups excluding tert-OH is 2. The van der Waals surface area contributed by atoms with E-state index in [1.807, 2.05) is 22.6 Å². The molecule has 0 unspecified atom stereocenters. The minimum atomic E-state index is -4.74. The van der Waals surface area contributed by atoms with Crippen molar-refractivity contribution in [2.45, 2.75) is 37.8 Å². The van der Waals surface area contributed by atoms with E-state index in [-0.39, 0.29) is 42.2 Å². The largest absolute Gasteiger partial charge is 0.493 e. The van der Waals surface area contributed by atoms with E-state index < -0.39 is 42.8 Å². The first-order valence-corrected chi connectivity index (χ1v) is 11.1.